The van der Waals surface area contributed by atoms with Crippen LogP contribution >= 0.6 is 0 Å². The number of ether oxygens (including phenoxy) is 1. The molecular formula is C14H14FN3O3. The normalized spacial score (nSPS) is 12.0. The van der Waals surface area contributed by atoms with Crippen LogP contribution in [-0.4, -0.2) is 17.0 Å². The Hall–Kier alpha value is -2.54. The predicted octanol–water partition coefficient (Wildman–Crippen LogP) is 3.20. The van der Waals surface area contributed by atoms with E-state index in [-0.39, 0.29) is 11.8 Å². The van der Waals surface area contributed by atoms with Crippen LogP contribution in [0.4, 0.5) is 10.1 Å². The first-order valence-electron chi connectivity index (χ1n) is 6.27. The molecule has 7 heteroatoms. The van der Waals surface area contributed by atoms with Crippen molar-refractivity contribution in [2.24, 2.45) is 0 Å². The van der Waals surface area contributed by atoms with Gasteiger partial charge >= 0.3 is 5.69 Å². The Balaban J connectivity index is 2.28. The lowest BCUT2D eigenvalue weighted by Crippen LogP contribution is -2.13. The second-order valence-electron chi connectivity index (χ2n) is 4.38. The second kappa shape index (κ2) is 6.27. The molecule has 2 rings (SSSR count). The van der Waals surface area contributed by atoms with E-state index < -0.39 is 22.2 Å². The molecule has 0 saturated carbocycles. The molecule has 1 aromatic carbocycles. The minimum Gasteiger partial charge on any atom is -0.445 e. The number of hydrogen-bond donors (Lipinski definition) is 1. The number of benzene rings is 1. The van der Waals surface area contributed by atoms with Crippen LogP contribution in [0, 0.1) is 15.9 Å². The van der Waals surface area contributed by atoms with Crippen molar-refractivity contribution in [3.63, 3.8) is 0 Å². The van der Waals surface area contributed by atoms with Gasteiger partial charge in [-0.05, 0) is 32.2 Å². The van der Waals surface area contributed by atoms with Gasteiger partial charge in [-0.1, -0.05) is 6.07 Å². The van der Waals surface area contributed by atoms with Gasteiger partial charge < -0.3 is 10.1 Å². The largest absolute Gasteiger partial charge is 0.445 e. The fraction of sp³-hybridized carbons (Fsp3) is 0.214. The second-order valence-corrected chi connectivity index (χ2v) is 4.38. The Morgan fingerprint density at radius 2 is 2.14 bits per heavy atom. The summed E-state index contributed by atoms with van der Waals surface area (Å²) in [5.41, 5.74) is 0.357. The summed E-state index contributed by atoms with van der Waals surface area (Å²) in [6.45, 7) is 1.94. The SMILES string of the molecule is CNC(C)c1ccc(Oc2c(F)cccc2[N+](=O)[O-])cn1. The molecule has 21 heavy (non-hydrogen) atoms. The van der Waals surface area contributed by atoms with Crippen molar-refractivity contribution in [1.29, 1.82) is 0 Å². The van der Waals surface area contributed by atoms with E-state index in [0.29, 0.717) is 0 Å². The van der Waals surface area contributed by atoms with Crippen molar-refractivity contribution in [2.45, 2.75) is 13.0 Å². The maximum atomic E-state index is 13.7. The number of nitrogens with one attached hydrogen (secondary N) is 1. The summed E-state index contributed by atoms with van der Waals surface area (Å²) in [5.74, 6) is -0.981. The molecule has 0 aliphatic carbocycles. The van der Waals surface area contributed by atoms with E-state index in [9.17, 15) is 14.5 Å². The molecule has 0 amide bonds. The Labute approximate surface area is 120 Å². The van der Waals surface area contributed by atoms with Crippen LogP contribution in [0.5, 0.6) is 11.5 Å². The molecule has 1 aromatic heterocycles. The van der Waals surface area contributed by atoms with E-state index in [1.165, 1.54) is 18.3 Å². The number of para-hydroxylation sites is 1. The summed E-state index contributed by atoms with van der Waals surface area (Å²) in [7, 11) is 1.81. The van der Waals surface area contributed by atoms with Crippen molar-refractivity contribution in [3.05, 3.63) is 58.2 Å². The van der Waals surface area contributed by atoms with Crippen LogP contribution in [0.2, 0.25) is 0 Å². The van der Waals surface area contributed by atoms with Crippen molar-refractivity contribution in [3.8, 4) is 11.5 Å². The number of rotatable bonds is 5. The van der Waals surface area contributed by atoms with E-state index in [1.54, 1.807) is 19.2 Å². The summed E-state index contributed by atoms with van der Waals surface area (Å²) >= 11 is 0. The molecule has 1 unspecified atom stereocenters. The third kappa shape index (κ3) is 3.32. The summed E-state index contributed by atoms with van der Waals surface area (Å²) in [4.78, 5) is 14.4. The van der Waals surface area contributed by atoms with Gasteiger partial charge in [0.1, 0.15) is 5.75 Å². The molecule has 6 nitrogen and oxygen atoms in total. The van der Waals surface area contributed by atoms with Gasteiger partial charge in [0, 0.05) is 12.1 Å². The highest BCUT2D eigenvalue weighted by molar-refractivity contribution is 5.49. The standard InChI is InChI=1S/C14H14FN3O3/c1-9(16-2)12-7-6-10(8-17-12)21-14-11(15)4-3-5-13(14)18(19)20/h3-9,16H,1-2H3. The first-order chi connectivity index (χ1) is 10.0. The summed E-state index contributed by atoms with van der Waals surface area (Å²) in [5, 5.41) is 13.9. The highest BCUT2D eigenvalue weighted by Gasteiger charge is 2.20. The number of nitrogens with zero attached hydrogens (tertiary/aromatic N) is 2. The third-order valence-electron chi connectivity index (χ3n) is 3.00. The van der Waals surface area contributed by atoms with E-state index >= 15 is 0 Å². The van der Waals surface area contributed by atoms with Crippen molar-refractivity contribution >= 4 is 5.69 Å². The Kier molecular flexibility index (Phi) is 4.44. The lowest BCUT2D eigenvalue weighted by atomic mass is 10.2. The summed E-state index contributed by atoms with van der Waals surface area (Å²) < 4.78 is 19.0. The topological polar surface area (TPSA) is 77.3 Å². The third-order valence-corrected chi connectivity index (χ3v) is 3.00. The van der Waals surface area contributed by atoms with E-state index in [2.05, 4.69) is 10.3 Å². The summed E-state index contributed by atoms with van der Waals surface area (Å²) in [6.07, 6.45) is 1.40. The fourth-order valence-electron chi connectivity index (χ4n) is 1.72. The lowest BCUT2D eigenvalue weighted by Gasteiger charge is -2.11. The van der Waals surface area contributed by atoms with Crippen LogP contribution in [-0.2, 0) is 0 Å². The number of aromatic nitrogens is 1. The number of pyridine rings is 1. The monoisotopic (exact) mass is 291 g/mol. The number of nitro benzene ring substituents is 1. The van der Waals surface area contributed by atoms with Gasteiger partial charge in [0.15, 0.2) is 5.82 Å². The zero-order valence-electron chi connectivity index (χ0n) is 11.5. The first kappa shape index (κ1) is 14.9. The van der Waals surface area contributed by atoms with Crippen LogP contribution in [0.25, 0.3) is 0 Å². The average molecular weight is 291 g/mol. The van der Waals surface area contributed by atoms with Crippen molar-refractivity contribution in [1.82, 2.24) is 10.3 Å². The molecule has 0 radical (unpaired) electrons. The highest BCUT2D eigenvalue weighted by atomic mass is 19.1. The van der Waals surface area contributed by atoms with Crippen LogP contribution in [0.3, 0.4) is 0 Å². The van der Waals surface area contributed by atoms with Gasteiger partial charge in [-0.15, -0.1) is 0 Å². The molecule has 1 atom stereocenters. The number of hydrogen-bond acceptors (Lipinski definition) is 5. The predicted molar refractivity (Wildman–Crippen MR) is 74.8 cm³/mol. The van der Waals surface area contributed by atoms with Gasteiger partial charge in [-0.3, -0.25) is 15.1 Å². The molecule has 0 aliphatic heterocycles. The minimum atomic E-state index is -0.795. The zero-order valence-corrected chi connectivity index (χ0v) is 11.5. The average Bonchev–Trinajstić information content (AvgIpc) is 2.49. The lowest BCUT2D eigenvalue weighted by molar-refractivity contribution is -0.385. The van der Waals surface area contributed by atoms with E-state index in [1.807, 2.05) is 6.92 Å². The van der Waals surface area contributed by atoms with Crippen molar-refractivity contribution < 1.29 is 14.1 Å². The Morgan fingerprint density at radius 1 is 1.38 bits per heavy atom. The van der Waals surface area contributed by atoms with E-state index in [0.717, 1.165) is 11.8 Å². The van der Waals surface area contributed by atoms with E-state index in [4.69, 9.17) is 4.74 Å². The summed E-state index contributed by atoms with van der Waals surface area (Å²) in [6, 6.07) is 6.91. The zero-order chi connectivity index (χ0) is 15.4. The molecule has 110 valence electrons. The van der Waals surface area contributed by atoms with Gasteiger partial charge in [0.05, 0.1) is 16.8 Å². The molecule has 0 saturated heterocycles. The molecule has 0 bridgehead atoms. The fourth-order valence-corrected chi connectivity index (χ4v) is 1.72. The maximum Gasteiger partial charge on any atom is 0.314 e. The van der Waals surface area contributed by atoms with Gasteiger partial charge in [0.2, 0.25) is 5.75 Å². The highest BCUT2D eigenvalue weighted by Crippen LogP contribution is 2.33. The molecular weight excluding hydrogens is 277 g/mol. The van der Waals surface area contributed by atoms with Crippen LogP contribution < -0.4 is 10.1 Å². The van der Waals surface area contributed by atoms with Gasteiger partial charge in [0.25, 0.3) is 0 Å². The number of nitro groups is 1. The molecule has 1 heterocycles. The molecule has 0 fully saturated rings. The quantitative estimate of drug-likeness (QED) is 0.676. The smallest absolute Gasteiger partial charge is 0.314 e. The number of halogens is 1. The van der Waals surface area contributed by atoms with Crippen LogP contribution in [0.15, 0.2) is 36.5 Å². The molecule has 2 aromatic rings. The molecule has 0 aliphatic rings. The van der Waals surface area contributed by atoms with Gasteiger partial charge in [-0.25, -0.2) is 4.39 Å². The molecule has 0 spiro atoms. The maximum absolute atomic E-state index is 13.7. The van der Waals surface area contributed by atoms with Gasteiger partial charge in [-0.2, -0.15) is 0 Å². The Morgan fingerprint density at radius 3 is 2.71 bits per heavy atom. The van der Waals surface area contributed by atoms with Crippen LogP contribution in [0.1, 0.15) is 18.7 Å². The first-order valence-corrected chi connectivity index (χ1v) is 6.27. The molecule has 1 N–H and O–H groups in total. The van der Waals surface area contributed by atoms with Crippen molar-refractivity contribution in [2.75, 3.05) is 7.05 Å². The Bertz CT molecular complexity index is 646. The minimum absolute atomic E-state index is 0.0573.